The van der Waals surface area contributed by atoms with Crippen molar-refractivity contribution in [3.8, 4) is 5.75 Å². The fourth-order valence-electron chi connectivity index (χ4n) is 1.78. The Bertz CT molecular complexity index is 426. The Morgan fingerprint density at radius 2 is 1.95 bits per heavy atom. The molecule has 5 heteroatoms. The van der Waals surface area contributed by atoms with Gasteiger partial charge in [0, 0.05) is 6.04 Å². The van der Waals surface area contributed by atoms with Gasteiger partial charge < -0.3 is 10.1 Å². The Morgan fingerprint density at radius 1 is 1.37 bits per heavy atom. The second-order valence-corrected chi connectivity index (χ2v) is 6.31. The van der Waals surface area contributed by atoms with E-state index in [4.69, 9.17) is 4.74 Å². The van der Waals surface area contributed by atoms with Crippen molar-refractivity contribution in [3.63, 3.8) is 0 Å². The molecule has 0 aliphatic carbocycles. The van der Waals surface area contributed by atoms with Crippen LogP contribution < -0.4 is 10.1 Å². The van der Waals surface area contributed by atoms with Crippen LogP contribution in [0.4, 0.5) is 0 Å². The number of amides is 1. The van der Waals surface area contributed by atoms with Crippen LogP contribution in [0.2, 0.25) is 0 Å². The molecule has 1 atom stereocenters. The van der Waals surface area contributed by atoms with E-state index in [9.17, 15) is 4.79 Å². The molecule has 1 amide bonds. The third kappa shape index (κ3) is 5.53. The second-order valence-electron chi connectivity index (χ2n) is 4.60. The average Bonchev–Trinajstić information content (AvgIpc) is 2.27. The minimum Gasteiger partial charge on any atom is -0.481 e. The lowest BCUT2D eigenvalue weighted by Gasteiger charge is -2.14. The average molecular weight is 393 g/mol. The topological polar surface area (TPSA) is 38.3 Å². The Labute approximate surface area is 131 Å². The molecule has 0 spiro atoms. The Kier molecular flexibility index (Phi) is 6.86. The molecule has 0 unspecified atom stereocenters. The number of rotatable bonds is 6. The zero-order chi connectivity index (χ0) is 14.4. The summed E-state index contributed by atoms with van der Waals surface area (Å²) < 4.78 is 7.24. The van der Waals surface area contributed by atoms with E-state index in [1.807, 2.05) is 26.0 Å². The maximum Gasteiger partial charge on any atom is 0.258 e. The molecule has 0 aliphatic heterocycles. The summed E-state index contributed by atoms with van der Waals surface area (Å²) in [5, 5.41) is 2.91. The van der Waals surface area contributed by atoms with Crippen molar-refractivity contribution in [2.45, 2.75) is 39.7 Å². The standard InChI is InChI=1S/C14H19Br2NO2/c1-4-5-10(3)17-13(18)8-19-14-11(15)6-9(2)7-12(14)16/h6-7,10H,4-5,8H2,1-3H3,(H,17,18)/t10-/m0/s1. The Morgan fingerprint density at radius 3 is 2.47 bits per heavy atom. The molecule has 0 saturated carbocycles. The normalized spacial score (nSPS) is 12.1. The van der Waals surface area contributed by atoms with Crippen LogP contribution in [-0.2, 0) is 4.79 Å². The van der Waals surface area contributed by atoms with Gasteiger partial charge in [-0.3, -0.25) is 4.79 Å². The van der Waals surface area contributed by atoms with Gasteiger partial charge in [0.15, 0.2) is 6.61 Å². The number of hydrogen-bond donors (Lipinski definition) is 1. The zero-order valence-corrected chi connectivity index (χ0v) is 14.6. The summed E-state index contributed by atoms with van der Waals surface area (Å²) in [5.74, 6) is 0.559. The highest BCUT2D eigenvalue weighted by Gasteiger charge is 2.11. The van der Waals surface area contributed by atoms with E-state index < -0.39 is 0 Å². The highest BCUT2D eigenvalue weighted by molar-refractivity contribution is 9.11. The highest BCUT2D eigenvalue weighted by atomic mass is 79.9. The zero-order valence-electron chi connectivity index (χ0n) is 11.4. The SMILES string of the molecule is CCC[C@H](C)NC(=O)COc1c(Br)cc(C)cc1Br. The third-order valence-corrected chi connectivity index (χ3v) is 3.80. The van der Waals surface area contributed by atoms with Crippen LogP contribution in [0.15, 0.2) is 21.1 Å². The summed E-state index contributed by atoms with van der Waals surface area (Å²) in [7, 11) is 0. The molecule has 0 fully saturated rings. The molecular weight excluding hydrogens is 374 g/mol. The van der Waals surface area contributed by atoms with Gasteiger partial charge in [-0.15, -0.1) is 0 Å². The molecular formula is C14H19Br2NO2. The van der Waals surface area contributed by atoms with Crippen LogP contribution in [0.3, 0.4) is 0 Å². The fraction of sp³-hybridized carbons (Fsp3) is 0.500. The summed E-state index contributed by atoms with van der Waals surface area (Å²) in [5.41, 5.74) is 1.12. The van der Waals surface area contributed by atoms with Gasteiger partial charge in [0.2, 0.25) is 0 Å². The monoisotopic (exact) mass is 391 g/mol. The van der Waals surface area contributed by atoms with Gasteiger partial charge in [-0.05, 0) is 69.8 Å². The maximum absolute atomic E-state index is 11.7. The highest BCUT2D eigenvalue weighted by Crippen LogP contribution is 2.34. The van der Waals surface area contributed by atoms with Gasteiger partial charge in [0.05, 0.1) is 8.95 Å². The van der Waals surface area contributed by atoms with Gasteiger partial charge in [0.25, 0.3) is 5.91 Å². The number of nitrogens with one attached hydrogen (secondary N) is 1. The summed E-state index contributed by atoms with van der Waals surface area (Å²) in [6.07, 6.45) is 2.03. The molecule has 0 radical (unpaired) electrons. The lowest BCUT2D eigenvalue weighted by molar-refractivity contribution is -0.123. The minimum absolute atomic E-state index is 0.0221. The molecule has 0 aliphatic rings. The first kappa shape index (κ1) is 16.5. The first-order valence-electron chi connectivity index (χ1n) is 6.31. The molecule has 0 bridgehead atoms. The first-order chi connectivity index (χ1) is 8.93. The molecule has 0 heterocycles. The van der Waals surface area contributed by atoms with Crippen LogP contribution in [0.1, 0.15) is 32.3 Å². The van der Waals surface area contributed by atoms with Crippen LogP contribution in [0.25, 0.3) is 0 Å². The maximum atomic E-state index is 11.7. The molecule has 1 rings (SSSR count). The van der Waals surface area contributed by atoms with Gasteiger partial charge in [-0.1, -0.05) is 13.3 Å². The minimum atomic E-state index is -0.0969. The molecule has 1 aromatic rings. The quantitative estimate of drug-likeness (QED) is 0.787. The van der Waals surface area contributed by atoms with E-state index in [-0.39, 0.29) is 18.6 Å². The Balaban J connectivity index is 2.55. The first-order valence-corrected chi connectivity index (χ1v) is 7.90. The molecule has 1 N–H and O–H groups in total. The van der Waals surface area contributed by atoms with Crippen molar-refractivity contribution >= 4 is 37.8 Å². The number of benzene rings is 1. The summed E-state index contributed by atoms with van der Waals surface area (Å²) in [4.78, 5) is 11.7. The predicted octanol–water partition coefficient (Wildman–Crippen LogP) is 4.20. The lowest BCUT2D eigenvalue weighted by Crippen LogP contribution is -2.36. The van der Waals surface area contributed by atoms with E-state index in [0.29, 0.717) is 5.75 Å². The summed E-state index contributed by atoms with van der Waals surface area (Å²) in [6.45, 7) is 6.12. The third-order valence-electron chi connectivity index (χ3n) is 2.62. The second kappa shape index (κ2) is 7.90. The van der Waals surface area contributed by atoms with Crippen LogP contribution >= 0.6 is 31.9 Å². The molecule has 106 valence electrons. The van der Waals surface area contributed by atoms with Crippen molar-refractivity contribution in [2.24, 2.45) is 0 Å². The summed E-state index contributed by atoms with van der Waals surface area (Å²) in [6, 6.07) is 4.10. The molecule has 3 nitrogen and oxygen atoms in total. The van der Waals surface area contributed by atoms with Crippen LogP contribution in [0.5, 0.6) is 5.75 Å². The number of carbonyl (C=O) groups is 1. The number of carbonyl (C=O) groups excluding carboxylic acids is 1. The van der Waals surface area contributed by atoms with Crippen molar-refractivity contribution in [3.05, 3.63) is 26.6 Å². The van der Waals surface area contributed by atoms with Crippen molar-refractivity contribution < 1.29 is 9.53 Å². The molecule has 1 aromatic carbocycles. The van der Waals surface area contributed by atoms with E-state index in [2.05, 4.69) is 44.1 Å². The number of aryl methyl sites for hydroxylation is 1. The summed E-state index contributed by atoms with van der Waals surface area (Å²) >= 11 is 6.87. The van der Waals surface area contributed by atoms with Crippen LogP contribution in [0, 0.1) is 6.92 Å². The smallest absolute Gasteiger partial charge is 0.258 e. The van der Waals surface area contributed by atoms with Gasteiger partial charge in [0.1, 0.15) is 5.75 Å². The van der Waals surface area contributed by atoms with Gasteiger partial charge in [-0.25, -0.2) is 0 Å². The molecule has 19 heavy (non-hydrogen) atoms. The lowest BCUT2D eigenvalue weighted by atomic mass is 10.2. The number of halogens is 2. The van der Waals surface area contributed by atoms with E-state index >= 15 is 0 Å². The van der Waals surface area contributed by atoms with Gasteiger partial charge in [-0.2, -0.15) is 0 Å². The fourth-order valence-corrected chi connectivity index (χ4v) is 3.43. The van der Waals surface area contributed by atoms with Crippen molar-refractivity contribution in [2.75, 3.05) is 6.61 Å². The van der Waals surface area contributed by atoms with Crippen molar-refractivity contribution in [1.82, 2.24) is 5.32 Å². The number of ether oxygens (including phenoxy) is 1. The predicted molar refractivity (Wildman–Crippen MR) is 84.6 cm³/mol. The molecule has 0 aromatic heterocycles. The van der Waals surface area contributed by atoms with Crippen LogP contribution in [-0.4, -0.2) is 18.6 Å². The Hall–Kier alpha value is -0.550. The number of hydrogen-bond acceptors (Lipinski definition) is 2. The van der Waals surface area contributed by atoms with E-state index in [0.717, 1.165) is 27.4 Å². The van der Waals surface area contributed by atoms with Gasteiger partial charge >= 0.3 is 0 Å². The van der Waals surface area contributed by atoms with Crippen molar-refractivity contribution in [1.29, 1.82) is 0 Å². The largest absolute Gasteiger partial charge is 0.481 e. The molecule has 0 saturated heterocycles. The van der Waals surface area contributed by atoms with E-state index in [1.165, 1.54) is 0 Å². The van der Waals surface area contributed by atoms with E-state index in [1.54, 1.807) is 0 Å².